The number of carboxylic acids is 1. The second-order valence-electron chi connectivity index (χ2n) is 4.41. The van der Waals surface area contributed by atoms with Crippen LogP contribution < -0.4 is 0 Å². The molecule has 94 valence electrons. The molecule has 1 aliphatic carbocycles. The highest BCUT2D eigenvalue weighted by atomic mass is 19.4. The van der Waals surface area contributed by atoms with Crippen molar-refractivity contribution in [1.82, 2.24) is 0 Å². The van der Waals surface area contributed by atoms with Crippen molar-refractivity contribution in [2.24, 2.45) is 11.3 Å². The third-order valence-corrected chi connectivity index (χ3v) is 3.00. The molecule has 1 atom stereocenters. The number of carboxylic acid groups (broad SMARTS) is 1. The zero-order valence-corrected chi connectivity index (χ0v) is 9.01. The van der Waals surface area contributed by atoms with E-state index in [1.165, 1.54) is 0 Å². The van der Waals surface area contributed by atoms with Gasteiger partial charge in [0.2, 0.25) is 0 Å². The topological polar surface area (TPSA) is 46.5 Å². The zero-order chi connectivity index (χ0) is 12.4. The standard InChI is InChI=1S/C10H15F3O3/c1-9(8(14)15,7-2-3-7)4-5-16-6-10(11,12)13/h7H,2-6H2,1H3,(H,14,15). The Morgan fingerprint density at radius 3 is 2.38 bits per heavy atom. The molecule has 1 aliphatic rings. The van der Waals surface area contributed by atoms with Gasteiger partial charge in [-0.05, 0) is 32.1 Å². The van der Waals surface area contributed by atoms with Gasteiger partial charge in [-0.3, -0.25) is 4.79 Å². The van der Waals surface area contributed by atoms with Crippen molar-refractivity contribution in [2.75, 3.05) is 13.2 Å². The van der Waals surface area contributed by atoms with Crippen LogP contribution in [0.25, 0.3) is 0 Å². The van der Waals surface area contributed by atoms with E-state index >= 15 is 0 Å². The molecule has 0 aliphatic heterocycles. The van der Waals surface area contributed by atoms with Crippen LogP contribution in [-0.4, -0.2) is 30.5 Å². The Bertz CT molecular complexity index is 261. The third-order valence-electron chi connectivity index (χ3n) is 3.00. The van der Waals surface area contributed by atoms with Crippen molar-refractivity contribution in [3.8, 4) is 0 Å². The minimum absolute atomic E-state index is 0.0829. The molecule has 0 bridgehead atoms. The van der Waals surface area contributed by atoms with E-state index in [9.17, 15) is 18.0 Å². The summed E-state index contributed by atoms with van der Waals surface area (Å²) in [7, 11) is 0. The summed E-state index contributed by atoms with van der Waals surface area (Å²) in [5, 5.41) is 9.02. The number of aliphatic carboxylic acids is 1. The molecule has 0 aromatic carbocycles. The highest BCUT2D eigenvalue weighted by Crippen LogP contribution is 2.47. The fourth-order valence-corrected chi connectivity index (χ4v) is 1.68. The van der Waals surface area contributed by atoms with Crippen molar-refractivity contribution in [3.05, 3.63) is 0 Å². The number of ether oxygens (including phenoxy) is 1. The molecule has 0 aromatic rings. The predicted octanol–water partition coefficient (Wildman–Crippen LogP) is 2.46. The summed E-state index contributed by atoms with van der Waals surface area (Å²) in [6, 6.07) is 0. The largest absolute Gasteiger partial charge is 0.481 e. The van der Waals surface area contributed by atoms with Crippen LogP contribution in [0.15, 0.2) is 0 Å². The zero-order valence-electron chi connectivity index (χ0n) is 9.01. The second kappa shape index (κ2) is 4.61. The van der Waals surface area contributed by atoms with Crippen LogP contribution in [0.2, 0.25) is 0 Å². The van der Waals surface area contributed by atoms with Gasteiger partial charge in [0, 0.05) is 6.61 Å². The monoisotopic (exact) mass is 240 g/mol. The van der Waals surface area contributed by atoms with Crippen molar-refractivity contribution in [3.63, 3.8) is 0 Å². The molecule has 1 fully saturated rings. The van der Waals surface area contributed by atoms with Crippen LogP contribution in [0.1, 0.15) is 26.2 Å². The number of alkyl halides is 3. The maximum Gasteiger partial charge on any atom is 0.411 e. The Labute approximate surface area is 91.6 Å². The van der Waals surface area contributed by atoms with Gasteiger partial charge in [0.05, 0.1) is 5.41 Å². The quantitative estimate of drug-likeness (QED) is 0.725. The number of carbonyl (C=O) groups is 1. The number of hydrogen-bond donors (Lipinski definition) is 1. The highest BCUT2D eigenvalue weighted by molar-refractivity contribution is 5.75. The first-order valence-corrected chi connectivity index (χ1v) is 5.13. The van der Waals surface area contributed by atoms with Crippen LogP contribution in [-0.2, 0) is 9.53 Å². The smallest absolute Gasteiger partial charge is 0.411 e. The van der Waals surface area contributed by atoms with Gasteiger partial charge in [-0.2, -0.15) is 13.2 Å². The van der Waals surface area contributed by atoms with Crippen LogP contribution in [0.3, 0.4) is 0 Å². The summed E-state index contributed by atoms with van der Waals surface area (Å²) in [5.74, 6) is -0.870. The number of rotatable bonds is 6. The molecule has 6 heteroatoms. The molecule has 0 amide bonds. The molecule has 3 nitrogen and oxygen atoms in total. The van der Waals surface area contributed by atoms with E-state index in [2.05, 4.69) is 4.74 Å². The lowest BCUT2D eigenvalue weighted by Gasteiger charge is -2.24. The average Bonchev–Trinajstić information content (AvgIpc) is 2.93. The van der Waals surface area contributed by atoms with Gasteiger partial charge in [0.15, 0.2) is 0 Å². The summed E-state index contributed by atoms with van der Waals surface area (Å²) >= 11 is 0. The van der Waals surface area contributed by atoms with Crippen LogP contribution in [0.5, 0.6) is 0 Å². The predicted molar refractivity (Wildman–Crippen MR) is 50.0 cm³/mol. The van der Waals surface area contributed by atoms with Crippen LogP contribution in [0, 0.1) is 11.3 Å². The van der Waals surface area contributed by atoms with Gasteiger partial charge in [-0.15, -0.1) is 0 Å². The molecule has 1 rings (SSSR count). The van der Waals surface area contributed by atoms with Crippen LogP contribution in [0.4, 0.5) is 13.2 Å². The van der Waals surface area contributed by atoms with Gasteiger partial charge in [-0.25, -0.2) is 0 Å². The normalized spacial score (nSPS) is 20.5. The Balaban J connectivity index is 2.32. The summed E-state index contributed by atoms with van der Waals surface area (Å²) < 4.78 is 39.7. The fourth-order valence-electron chi connectivity index (χ4n) is 1.68. The molecule has 0 aromatic heterocycles. The van der Waals surface area contributed by atoms with E-state index in [0.29, 0.717) is 0 Å². The Morgan fingerprint density at radius 2 is 2.00 bits per heavy atom. The van der Waals surface area contributed by atoms with E-state index < -0.39 is 24.2 Å². The summed E-state index contributed by atoms with van der Waals surface area (Å²) in [6.45, 7) is 0.0934. The first-order valence-electron chi connectivity index (χ1n) is 5.13. The third kappa shape index (κ3) is 3.66. The molecule has 16 heavy (non-hydrogen) atoms. The van der Waals surface area contributed by atoms with E-state index in [0.717, 1.165) is 12.8 Å². The molecule has 1 N–H and O–H groups in total. The van der Waals surface area contributed by atoms with E-state index in [1.807, 2.05) is 0 Å². The maximum atomic E-state index is 11.8. The lowest BCUT2D eigenvalue weighted by atomic mass is 9.82. The maximum absolute atomic E-state index is 11.8. The fraction of sp³-hybridized carbons (Fsp3) is 0.900. The van der Waals surface area contributed by atoms with E-state index in [4.69, 9.17) is 5.11 Å². The molecular weight excluding hydrogens is 225 g/mol. The minimum atomic E-state index is -4.35. The van der Waals surface area contributed by atoms with Gasteiger partial charge >= 0.3 is 12.1 Å². The highest BCUT2D eigenvalue weighted by Gasteiger charge is 2.47. The Hall–Kier alpha value is -0.780. The molecule has 0 saturated heterocycles. The lowest BCUT2D eigenvalue weighted by molar-refractivity contribution is -0.176. The van der Waals surface area contributed by atoms with E-state index in [1.54, 1.807) is 6.92 Å². The molecule has 1 unspecified atom stereocenters. The summed E-state index contributed by atoms with van der Waals surface area (Å²) in [5.41, 5.74) is -0.939. The van der Waals surface area contributed by atoms with Crippen molar-refractivity contribution >= 4 is 5.97 Å². The molecule has 0 heterocycles. The number of halogens is 3. The first-order chi connectivity index (χ1) is 7.26. The molecule has 0 radical (unpaired) electrons. The summed E-state index contributed by atoms with van der Waals surface area (Å²) in [4.78, 5) is 11.0. The van der Waals surface area contributed by atoms with Crippen LogP contribution >= 0.6 is 0 Å². The van der Waals surface area contributed by atoms with Gasteiger partial charge < -0.3 is 9.84 Å². The minimum Gasteiger partial charge on any atom is -0.481 e. The van der Waals surface area contributed by atoms with Gasteiger partial charge in [-0.1, -0.05) is 0 Å². The van der Waals surface area contributed by atoms with Crippen molar-refractivity contribution in [1.29, 1.82) is 0 Å². The van der Waals surface area contributed by atoms with Gasteiger partial charge in [0.1, 0.15) is 6.61 Å². The first kappa shape index (κ1) is 13.3. The summed E-state index contributed by atoms with van der Waals surface area (Å²) in [6.07, 6.45) is -2.55. The van der Waals surface area contributed by atoms with Crippen molar-refractivity contribution in [2.45, 2.75) is 32.4 Å². The lowest BCUT2D eigenvalue weighted by Crippen LogP contribution is -2.32. The van der Waals surface area contributed by atoms with Gasteiger partial charge in [0.25, 0.3) is 0 Å². The Kier molecular flexibility index (Phi) is 3.83. The van der Waals surface area contributed by atoms with E-state index in [-0.39, 0.29) is 18.9 Å². The Morgan fingerprint density at radius 1 is 1.44 bits per heavy atom. The SMILES string of the molecule is CC(CCOCC(F)(F)F)(C(=O)O)C1CC1. The molecule has 0 spiro atoms. The number of hydrogen-bond acceptors (Lipinski definition) is 2. The molecular formula is C10H15F3O3. The molecule has 1 saturated carbocycles. The van der Waals surface area contributed by atoms with Crippen molar-refractivity contribution < 1.29 is 27.8 Å². The second-order valence-corrected chi connectivity index (χ2v) is 4.41. The average molecular weight is 240 g/mol.